The van der Waals surface area contributed by atoms with Gasteiger partial charge in [-0.3, -0.25) is 0 Å². The number of halogens is 2. The van der Waals surface area contributed by atoms with E-state index in [1.807, 2.05) is 25.2 Å². The number of piperidine rings is 1. The number of carboxylic acids is 2. The van der Waals surface area contributed by atoms with E-state index < -0.39 is 17.5 Å². The van der Waals surface area contributed by atoms with Gasteiger partial charge in [0.25, 0.3) is 0 Å². The van der Waals surface area contributed by atoms with Crippen molar-refractivity contribution >= 4 is 23.5 Å². The Labute approximate surface area is 178 Å². The molecule has 6 nitrogen and oxygen atoms in total. The van der Waals surface area contributed by atoms with E-state index in [1.54, 1.807) is 24.3 Å². The largest absolute Gasteiger partial charge is 0.478 e. The summed E-state index contributed by atoms with van der Waals surface area (Å²) in [5, 5.41) is 27.6. The highest BCUT2D eigenvalue weighted by Gasteiger charge is 2.43. The third-order valence-electron chi connectivity index (χ3n) is 4.94. The second kappa shape index (κ2) is 10.3. The summed E-state index contributed by atoms with van der Waals surface area (Å²) in [6, 6.07) is 13.9. The number of hydrogen-bond donors (Lipinski definition) is 3. The number of hydrogen-bond acceptors (Lipinski definition) is 4. The third kappa shape index (κ3) is 6.13. The molecule has 1 heterocycles. The number of likely N-dealkylation sites (tertiary alicyclic amines) is 1. The van der Waals surface area contributed by atoms with Crippen molar-refractivity contribution in [3.63, 3.8) is 0 Å². The molecule has 0 bridgehead atoms. The second-order valence-corrected chi connectivity index (χ2v) is 7.46. The first-order valence-electron chi connectivity index (χ1n) is 9.19. The topological polar surface area (TPSA) is 98.1 Å². The summed E-state index contributed by atoms with van der Waals surface area (Å²) in [6.45, 7) is 1.38. The Bertz CT molecular complexity index is 902. The number of likely N-dealkylation sites (N-methyl/N-ethyl adjacent to an activating group) is 1. The van der Waals surface area contributed by atoms with Crippen LogP contribution in [0.2, 0.25) is 5.02 Å². The van der Waals surface area contributed by atoms with Crippen LogP contribution in [0.1, 0.15) is 23.5 Å². The van der Waals surface area contributed by atoms with Crippen LogP contribution in [0, 0.1) is 5.82 Å². The molecule has 0 spiro atoms. The van der Waals surface area contributed by atoms with E-state index in [0.29, 0.717) is 35.7 Å². The van der Waals surface area contributed by atoms with Gasteiger partial charge in [0.2, 0.25) is 0 Å². The third-order valence-corrected chi connectivity index (χ3v) is 5.19. The maximum atomic E-state index is 14.3. The molecule has 2 aromatic carbocycles. The monoisotopic (exact) mass is 435 g/mol. The lowest BCUT2D eigenvalue weighted by Crippen LogP contribution is -2.47. The predicted octanol–water partition coefficient (Wildman–Crippen LogP) is 3.50. The van der Waals surface area contributed by atoms with Crippen LogP contribution < -0.4 is 0 Å². The molecule has 2 atom stereocenters. The molecule has 8 heteroatoms. The van der Waals surface area contributed by atoms with Crippen LogP contribution in [0.15, 0.2) is 60.7 Å². The van der Waals surface area contributed by atoms with Gasteiger partial charge in [-0.1, -0.05) is 41.9 Å². The van der Waals surface area contributed by atoms with Gasteiger partial charge in [0.15, 0.2) is 0 Å². The van der Waals surface area contributed by atoms with Crippen molar-refractivity contribution in [3.8, 4) is 0 Å². The normalized spacial score (nSPS) is 21.7. The highest BCUT2D eigenvalue weighted by atomic mass is 35.5. The molecule has 30 heavy (non-hydrogen) atoms. The molecule has 1 aliphatic rings. The fourth-order valence-electron chi connectivity index (χ4n) is 3.43. The lowest BCUT2D eigenvalue weighted by Gasteiger charge is -2.44. The maximum Gasteiger partial charge on any atom is 0.328 e. The molecule has 1 aliphatic heterocycles. The summed E-state index contributed by atoms with van der Waals surface area (Å²) in [7, 11) is 2.00. The van der Waals surface area contributed by atoms with Gasteiger partial charge >= 0.3 is 11.9 Å². The van der Waals surface area contributed by atoms with E-state index in [2.05, 4.69) is 4.90 Å². The number of carbonyl (C=O) groups is 2. The van der Waals surface area contributed by atoms with Crippen molar-refractivity contribution in [1.82, 2.24) is 4.90 Å². The molecule has 3 N–H and O–H groups in total. The number of nitrogens with zero attached hydrogens (tertiary/aromatic N) is 1. The van der Waals surface area contributed by atoms with E-state index in [9.17, 15) is 19.1 Å². The number of benzene rings is 2. The minimum atomic E-state index is -1.26. The molecular weight excluding hydrogens is 413 g/mol. The molecule has 0 amide bonds. The zero-order valence-corrected chi connectivity index (χ0v) is 17.1. The van der Waals surface area contributed by atoms with Crippen LogP contribution in [-0.2, 0) is 15.2 Å². The average Bonchev–Trinajstić information content (AvgIpc) is 2.70. The highest BCUT2D eigenvalue weighted by molar-refractivity contribution is 6.30. The smallest absolute Gasteiger partial charge is 0.328 e. The molecule has 2 aromatic rings. The van der Waals surface area contributed by atoms with Crippen molar-refractivity contribution in [2.75, 3.05) is 20.1 Å². The Kier molecular flexibility index (Phi) is 8.11. The molecule has 0 aromatic heterocycles. The van der Waals surface area contributed by atoms with Crippen LogP contribution in [0.3, 0.4) is 0 Å². The quantitative estimate of drug-likeness (QED) is 0.636. The molecule has 1 saturated heterocycles. The fourth-order valence-corrected chi connectivity index (χ4v) is 3.56. The van der Waals surface area contributed by atoms with Crippen molar-refractivity contribution < 1.29 is 29.3 Å². The standard InChI is InChI=1S/C18H19ClFNO.C4H4O4/c1-21-11-10-18(22,13-6-8-14(19)9-7-13)16(12-21)15-4-2-3-5-17(15)20;5-3(6)1-2-4(7)8/h2-9,16,22H,10-12H2,1H3;1-2H,(H,5,6)(H,7,8)/b;2-1-/t16-,18+;/m1./s1. The Morgan fingerprint density at radius 2 is 1.67 bits per heavy atom. The van der Waals surface area contributed by atoms with Gasteiger partial charge in [-0.2, -0.15) is 0 Å². The number of aliphatic hydroxyl groups is 1. The molecule has 3 rings (SSSR count). The van der Waals surface area contributed by atoms with Gasteiger partial charge < -0.3 is 20.2 Å². The Morgan fingerprint density at radius 3 is 2.20 bits per heavy atom. The molecule has 0 unspecified atom stereocenters. The lowest BCUT2D eigenvalue weighted by molar-refractivity contribution is -0.134. The summed E-state index contributed by atoms with van der Waals surface area (Å²) < 4.78 is 14.3. The summed E-state index contributed by atoms with van der Waals surface area (Å²) in [4.78, 5) is 21.2. The SMILES string of the molecule is CN1CC[C@](O)(c2ccc(Cl)cc2)[C@@H](c2ccccc2F)C1.O=C(O)/C=C\C(=O)O. The van der Waals surface area contributed by atoms with Crippen LogP contribution >= 0.6 is 11.6 Å². The van der Waals surface area contributed by atoms with Crippen LogP contribution in [0.25, 0.3) is 0 Å². The molecular formula is C22H23ClFNO5. The van der Waals surface area contributed by atoms with Crippen molar-refractivity contribution in [3.05, 3.63) is 82.6 Å². The fraction of sp³-hybridized carbons (Fsp3) is 0.273. The van der Waals surface area contributed by atoms with Gasteiger partial charge in [-0.05, 0) is 42.8 Å². The van der Waals surface area contributed by atoms with E-state index in [0.717, 1.165) is 12.1 Å². The molecule has 160 valence electrons. The predicted molar refractivity (Wildman–Crippen MR) is 111 cm³/mol. The van der Waals surface area contributed by atoms with E-state index in [1.165, 1.54) is 6.07 Å². The van der Waals surface area contributed by atoms with E-state index in [-0.39, 0.29) is 11.7 Å². The summed E-state index contributed by atoms with van der Waals surface area (Å²) in [6.07, 6.45) is 1.68. The Morgan fingerprint density at radius 1 is 1.10 bits per heavy atom. The summed E-state index contributed by atoms with van der Waals surface area (Å²) >= 11 is 5.95. The van der Waals surface area contributed by atoms with E-state index in [4.69, 9.17) is 21.8 Å². The van der Waals surface area contributed by atoms with Gasteiger partial charge in [-0.25, -0.2) is 14.0 Å². The van der Waals surface area contributed by atoms with Crippen LogP contribution in [0.4, 0.5) is 4.39 Å². The Balaban J connectivity index is 0.000000343. The van der Waals surface area contributed by atoms with Gasteiger partial charge in [0, 0.05) is 36.2 Å². The van der Waals surface area contributed by atoms with Crippen molar-refractivity contribution in [2.45, 2.75) is 17.9 Å². The molecule has 0 saturated carbocycles. The average molecular weight is 436 g/mol. The van der Waals surface area contributed by atoms with Crippen molar-refractivity contribution in [2.24, 2.45) is 0 Å². The first kappa shape index (κ1) is 23.5. The number of aliphatic carboxylic acids is 2. The zero-order valence-electron chi connectivity index (χ0n) is 16.3. The minimum Gasteiger partial charge on any atom is -0.478 e. The molecule has 0 radical (unpaired) electrons. The van der Waals surface area contributed by atoms with Gasteiger partial charge in [-0.15, -0.1) is 0 Å². The van der Waals surface area contributed by atoms with E-state index >= 15 is 0 Å². The summed E-state index contributed by atoms with van der Waals surface area (Å²) in [5.74, 6) is -3.09. The minimum absolute atomic E-state index is 0.268. The van der Waals surface area contributed by atoms with Gasteiger partial charge in [0.1, 0.15) is 5.82 Å². The van der Waals surface area contributed by atoms with Crippen molar-refractivity contribution in [1.29, 1.82) is 0 Å². The second-order valence-electron chi connectivity index (χ2n) is 7.03. The summed E-state index contributed by atoms with van der Waals surface area (Å²) in [5.41, 5.74) is 0.268. The Hall–Kier alpha value is -2.74. The molecule has 0 aliphatic carbocycles. The number of carboxylic acid groups (broad SMARTS) is 2. The van der Waals surface area contributed by atoms with Crippen LogP contribution in [-0.4, -0.2) is 52.3 Å². The maximum absolute atomic E-state index is 14.3. The lowest BCUT2D eigenvalue weighted by atomic mass is 9.72. The zero-order chi connectivity index (χ0) is 22.3. The first-order chi connectivity index (χ1) is 14.1. The molecule has 1 fully saturated rings. The number of rotatable bonds is 4. The van der Waals surface area contributed by atoms with Gasteiger partial charge in [0.05, 0.1) is 5.60 Å². The first-order valence-corrected chi connectivity index (χ1v) is 9.56. The highest BCUT2D eigenvalue weighted by Crippen LogP contribution is 2.43. The van der Waals surface area contributed by atoms with Crippen LogP contribution in [0.5, 0.6) is 0 Å².